The van der Waals surface area contributed by atoms with E-state index in [4.69, 9.17) is 4.98 Å². The maximum atomic E-state index is 12.6. The number of hydrogen-bond acceptors (Lipinski definition) is 6. The topological polar surface area (TPSA) is 103 Å². The molecule has 1 N–H and O–H groups in total. The number of nitrogens with one attached hydrogen (secondary N) is 1. The molecular formula is C21H18N8O. The molecule has 4 aromatic heterocycles. The molecule has 0 unspecified atom stereocenters. The van der Waals surface area contributed by atoms with E-state index < -0.39 is 0 Å². The largest absolute Gasteiger partial charge is 0.309 e. The highest BCUT2D eigenvalue weighted by Crippen LogP contribution is 2.35. The number of allylic oxidation sites excluding steroid dienone is 1. The molecule has 9 nitrogen and oxygen atoms in total. The summed E-state index contributed by atoms with van der Waals surface area (Å²) < 4.78 is 3.74. The van der Waals surface area contributed by atoms with Gasteiger partial charge in [-0.05, 0) is 19.4 Å². The Labute approximate surface area is 171 Å². The SMILES string of the molecule is Cc1nn2cc1C1=CCc3ncc(nc31)-c1c(nc3ncccn13)NC(=O)CCC2. The highest BCUT2D eigenvalue weighted by atomic mass is 16.1. The van der Waals surface area contributed by atoms with Crippen LogP contribution in [0.3, 0.4) is 0 Å². The summed E-state index contributed by atoms with van der Waals surface area (Å²) in [6.45, 7) is 2.67. The zero-order valence-electron chi connectivity index (χ0n) is 16.3. The molecule has 148 valence electrons. The van der Waals surface area contributed by atoms with E-state index >= 15 is 0 Å². The van der Waals surface area contributed by atoms with Crippen molar-refractivity contribution in [3.05, 3.63) is 59.6 Å². The summed E-state index contributed by atoms with van der Waals surface area (Å²) in [5, 5.41) is 7.57. The number of aromatic nitrogens is 7. The Morgan fingerprint density at radius 1 is 1.20 bits per heavy atom. The van der Waals surface area contributed by atoms with Crippen molar-refractivity contribution in [1.82, 2.24) is 34.1 Å². The van der Waals surface area contributed by atoms with Crippen LogP contribution in [0.5, 0.6) is 0 Å². The lowest BCUT2D eigenvalue weighted by Crippen LogP contribution is -2.14. The van der Waals surface area contributed by atoms with Crippen molar-refractivity contribution >= 4 is 23.1 Å². The van der Waals surface area contributed by atoms with Crippen LogP contribution < -0.4 is 5.32 Å². The fraction of sp³-hybridized carbons (Fsp3) is 0.238. The standard InChI is InChI=1S/C21H18N8O/c1-12-14-11-28(27-12)8-2-4-17(30)25-20-19(29-9-3-7-22-21(29)26-20)16-10-23-15-6-5-13(14)18(15)24-16/h3,5,7,9-11H,2,4,6,8H2,1H3,(H,25,30). The summed E-state index contributed by atoms with van der Waals surface area (Å²) >= 11 is 0. The maximum absolute atomic E-state index is 12.6. The third kappa shape index (κ3) is 2.55. The van der Waals surface area contributed by atoms with Gasteiger partial charge < -0.3 is 5.32 Å². The summed E-state index contributed by atoms with van der Waals surface area (Å²) in [6, 6.07) is 1.83. The number of carbonyl (C=O) groups is 1. The Kier molecular flexibility index (Phi) is 3.58. The van der Waals surface area contributed by atoms with Crippen molar-refractivity contribution < 1.29 is 4.79 Å². The van der Waals surface area contributed by atoms with Crippen molar-refractivity contribution in [1.29, 1.82) is 0 Å². The fourth-order valence-electron chi connectivity index (χ4n) is 4.14. The first-order chi connectivity index (χ1) is 14.7. The number of hydrogen-bond donors (Lipinski definition) is 1. The van der Waals surface area contributed by atoms with E-state index in [0.717, 1.165) is 34.6 Å². The van der Waals surface area contributed by atoms with E-state index in [-0.39, 0.29) is 5.91 Å². The number of nitrogens with zero attached hydrogens (tertiary/aromatic N) is 7. The van der Waals surface area contributed by atoms with E-state index in [1.807, 2.05) is 34.5 Å². The molecule has 2 aliphatic rings. The lowest BCUT2D eigenvalue weighted by atomic mass is 10.1. The molecule has 4 aromatic rings. The average molecular weight is 398 g/mol. The van der Waals surface area contributed by atoms with Gasteiger partial charge in [0, 0.05) is 49.1 Å². The minimum absolute atomic E-state index is 0.101. The zero-order chi connectivity index (χ0) is 20.2. The predicted octanol–water partition coefficient (Wildman–Crippen LogP) is 2.41. The van der Waals surface area contributed by atoms with Gasteiger partial charge in [0.05, 0.1) is 23.3 Å². The molecule has 1 amide bonds. The van der Waals surface area contributed by atoms with Crippen molar-refractivity contribution in [2.24, 2.45) is 0 Å². The number of carbonyl (C=O) groups excluding carboxylic acids is 1. The van der Waals surface area contributed by atoms with Gasteiger partial charge in [-0.15, -0.1) is 0 Å². The third-order valence-corrected chi connectivity index (χ3v) is 5.53. The summed E-state index contributed by atoms with van der Waals surface area (Å²) in [4.78, 5) is 31.1. The van der Waals surface area contributed by atoms with Gasteiger partial charge in [0.2, 0.25) is 11.7 Å². The number of rotatable bonds is 0. The number of imidazole rings is 1. The van der Waals surface area contributed by atoms with Gasteiger partial charge in [-0.3, -0.25) is 18.9 Å². The van der Waals surface area contributed by atoms with Crippen LogP contribution in [0.15, 0.2) is 36.9 Å². The lowest BCUT2D eigenvalue weighted by molar-refractivity contribution is -0.116. The molecule has 0 saturated carbocycles. The van der Waals surface area contributed by atoms with Gasteiger partial charge in [-0.2, -0.15) is 10.1 Å². The number of amides is 1. The Hall–Kier alpha value is -3.88. The molecule has 0 spiro atoms. The molecule has 0 fully saturated rings. The lowest BCUT2D eigenvalue weighted by Gasteiger charge is -2.10. The summed E-state index contributed by atoms with van der Waals surface area (Å²) in [7, 11) is 0. The fourth-order valence-corrected chi connectivity index (χ4v) is 4.14. The van der Waals surface area contributed by atoms with E-state index in [0.29, 0.717) is 42.4 Å². The molecule has 9 heteroatoms. The van der Waals surface area contributed by atoms with Crippen LogP contribution in [0.25, 0.3) is 22.7 Å². The second kappa shape index (κ2) is 6.31. The highest BCUT2D eigenvalue weighted by molar-refractivity contribution is 5.94. The zero-order valence-corrected chi connectivity index (χ0v) is 16.3. The van der Waals surface area contributed by atoms with Crippen LogP contribution in [0.1, 0.15) is 35.5 Å². The van der Waals surface area contributed by atoms with Crippen LogP contribution in [0, 0.1) is 6.92 Å². The first-order valence-corrected chi connectivity index (χ1v) is 9.91. The molecule has 0 saturated heterocycles. The molecule has 6 rings (SSSR count). The minimum atomic E-state index is -0.101. The molecule has 30 heavy (non-hydrogen) atoms. The van der Waals surface area contributed by atoms with Gasteiger partial charge in [-0.1, -0.05) is 6.08 Å². The number of aryl methyl sites for hydroxylation is 2. The molecule has 0 atom stereocenters. The van der Waals surface area contributed by atoms with Gasteiger partial charge >= 0.3 is 0 Å². The van der Waals surface area contributed by atoms with E-state index in [1.54, 1.807) is 12.4 Å². The first kappa shape index (κ1) is 17.0. The quantitative estimate of drug-likeness (QED) is 0.488. The Bertz CT molecular complexity index is 1360. The van der Waals surface area contributed by atoms with E-state index in [2.05, 4.69) is 31.4 Å². The first-order valence-electron chi connectivity index (χ1n) is 9.91. The number of anilines is 1. The monoisotopic (exact) mass is 398 g/mol. The van der Waals surface area contributed by atoms with Crippen molar-refractivity contribution in [2.75, 3.05) is 5.32 Å². The molecule has 5 heterocycles. The van der Waals surface area contributed by atoms with Crippen molar-refractivity contribution in [3.63, 3.8) is 0 Å². The van der Waals surface area contributed by atoms with Crippen LogP contribution in [-0.2, 0) is 17.8 Å². The Morgan fingerprint density at radius 2 is 2.13 bits per heavy atom. The number of fused-ring (bicyclic) bond motifs is 8. The molecular weight excluding hydrogens is 380 g/mol. The second-order valence-electron chi connectivity index (χ2n) is 7.51. The van der Waals surface area contributed by atoms with E-state index in [1.165, 1.54) is 0 Å². The van der Waals surface area contributed by atoms with Crippen molar-refractivity contribution in [2.45, 2.75) is 32.7 Å². The Morgan fingerprint density at radius 3 is 3.07 bits per heavy atom. The molecule has 1 aliphatic carbocycles. The van der Waals surface area contributed by atoms with Crippen LogP contribution in [0.4, 0.5) is 5.82 Å². The molecule has 0 radical (unpaired) electrons. The van der Waals surface area contributed by atoms with Gasteiger partial charge in [0.15, 0.2) is 5.82 Å². The van der Waals surface area contributed by atoms with Gasteiger partial charge in [-0.25, -0.2) is 9.97 Å². The molecule has 4 bridgehead atoms. The van der Waals surface area contributed by atoms with E-state index in [9.17, 15) is 4.79 Å². The second-order valence-corrected chi connectivity index (χ2v) is 7.51. The Balaban J connectivity index is 1.61. The highest BCUT2D eigenvalue weighted by Gasteiger charge is 2.25. The van der Waals surface area contributed by atoms with Crippen LogP contribution in [0.2, 0.25) is 0 Å². The summed E-state index contributed by atoms with van der Waals surface area (Å²) in [5.41, 5.74) is 6.16. The average Bonchev–Trinajstić information content (AvgIpc) is 3.41. The molecule has 0 aromatic carbocycles. The maximum Gasteiger partial charge on any atom is 0.236 e. The van der Waals surface area contributed by atoms with Gasteiger partial charge in [0.1, 0.15) is 11.4 Å². The predicted molar refractivity (Wildman–Crippen MR) is 110 cm³/mol. The van der Waals surface area contributed by atoms with Gasteiger partial charge in [0.25, 0.3) is 0 Å². The van der Waals surface area contributed by atoms with Crippen LogP contribution in [-0.4, -0.2) is 40.0 Å². The molecule has 1 aliphatic heterocycles. The normalized spacial score (nSPS) is 15.5. The smallest absolute Gasteiger partial charge is 0.236 e. The summed E-state index contributed by atoms with van der Waals surface area (Å²) in [6.07, 6.45) is 11.3. The van der Waals surface area contributed by atoms with Crippen LogP contribution >= 0.6 is 0 Å². The minimum Gasteiger partial charge on any atom is -0.309 e. The summed E-state index contributed by atoms with van der Waals surface area (Å²) in [5.74, 6) is 0.847. The third-order valence-electron chi connectivity index (χ3n) is 5.53. The van der Waals surface area contributed by atoms with Crippen molar-refractivity contribution in [3.8, 4) is 11.4 Å².